The van der Waals surface area contributed by atoms with Gasteiger partial charge in [-0.05, 0) is 111 Å². The summed E-state index contributed by atoms with van der Waals surface area (Å²) in [6, 6.07) is 60.0. The van der Waals surface area contributed by atoms with Crippen LogP contribution in [0.2, 0.25) is 0 Å². The highest BCUT2D eigenvalue weighted by molar-refractivity contribution is 7.98. The minimum atomic E-state index is -5.26. The van der Waals surface area contributed by atoms with Gasteiger partial charge in [-0.2, -0.15) is 16.8 Å². The second-order valence-electron chi connectivity index (χ2n) is 26.5. The van der Waals surface area contributed by atoms with Gasteiger partial charge in [0.05, 0.1) is 81.6 Å². The van der Waals surface area contributed by atoms with Crippen molar-refractivity contribution in [3.63, 3.8) is 0 Å². The number of allylic oxidation sites excluding steroid dienone is 2. The number of quaternary nitrogens is 1. The summed E-state index contributed by atoms with van der Waals surface area (Å²) in [5, 5.41) is 5.62. The summed E-state index contributed by atoms with van der Waals surface area (Å²) in [7, 11) is -10.4. The Morgan fingerprint density at radius 2 is 0.979 bits per heavy atom. The average molecular weight is 1320 g/mol. The molecule has 7 aliphatic rings. The lowest BCUT2D eigenvalue weighted by Crippen LogP contribution is -2.63. The van der Waals surface area contributed by atoms with Crippen molar-refractivity contribution in [1.82, 2.24) is 34.5 Å². The first-order valence-corrected chi connectivity index (χ1v) is 36.8. The van der Waals surface area contributed by atoms with Gasteiger partial charge >= 0.3 is 20.0 Å². The average Bonchev–Trinajstić information content (AvgIpc) is 1.38. The zero-order chi connectivity index (χ0) is 64.9. The van der Waals surface area contributed by atoms with Gasteiger partial charge in [0.1, 0.15) is 15.4 Å². The lowest BCUT2D eigenvalue weighted by molar-refractivity contribution is -0.653. The molecule has 1 aliphatic carbocycles. The van der Waals surface area contributed by atoms with Gasteiger partial charge in [0, 0.05) is 101 Å². The number of morpholine rings is 4. The molecule has 4 unspecified atom stereocenters. The van der Waals surface area contributed by atoms with E-state index in [1.165, 1.54) is 11.1 Å². The van der Waals surface area contributed by atoms with Crippen LogP contribution in [0.5, 0.6) is 0 Å². The number of fused-ring (bicyclic) bond motifs is 5. The summed E-state index contributed by atoms with van der Waals surface area (Å²) < 4.78 is 94.7. The van der Waals surface area contributed by atoms with E-state index in [4.69, 9.17) is 23.9 Å². The zero-order valence-corrected chi connectivity index (χ0v) is 55.6. The molecule has 8 heterocycles. The molecular weight excluding hydrogens is 1240 g/mol. The molecule has 0 radical (unpaired) electrons. The van der Waals surface area contributed by atoms with E-state index in [0.29, 0.717) is 70.5 Å². The molecule has 2 aromatic heterocycles. The molecule has 18 heteroatoms. The summed E-state index contributed by atoms with van der Waals surface area (Å²) in [6.45, 7) is 15.2. The Labute approximate surface area is 563 Å². The third-order valence-corrected chi connectivity index (χ3v) is 26.2. The minimum absolute atomic E-state index is 0.100. The number of hydrogen-bond donors (Lipinski definition) is 1. The number of dihydropyridines is 1. The summed E-state index contributed by atoms with van der Waals surface area (Å²) in [5.74, 6) is -0.659. The van der Waals surface area contributed by atoms with Crippen molar-refractivity contribution in [2.45, 2.75) is 59.9 Å². The summed E-state index contributed by atoms with van der Waals surface area (Å²) in [5.41, 5.74) is 10.4. The SMILES string of the molecule is O=S(=O)(c1ccccc1)[N+]1(S(=O)(=O)c2ccccc2-n2c3ccccc3c3cccnc32)C2=C(C(c3ccc(CN4CCOCC4)cc3)=CC(c3ccc(CN4CCOCC4)cc3)N2)C2CC(c3ccc(CN4CCOCC4)cc3)(c3ccc(CN4CCOCC4)cc3)C=CC21. The molecule has 4 saturated heterocycles. The standard InChI is InChI=1S/C78H81N8O8S2/c87-95(88,65-9-2-1-3-10-65)86(96(89,90)74-15-7-6-14-72(74)85-71-13-5-4-11-66(71)67-12-8-34-79-76(67)85)73-32-33-78(63-28-20-59(21-29-63)55-83-39-47-93-48-40-83,64-30-22-60(23-31-64)56-84-41-49-94-50-42-84)52-69(73)75-68(61-24-16-57(17-25-61)53-81-35-43-91-44-36-81)51-70(80-77(75)86)62-26-18-58(19-27-62)54-82-37-45-92-46-38-82/h1-34,51,69-70,73,80H,35-50,52-56H2/q+1. The Kier molecular flexibility index (Phi) is 17.3. The van der Waals surface area contributed by atoms with Crippen molar-refractivity contribution in [2.75, 3.05) is 105 Å². The topological polar surface area (TPSA) is 148 Å². The number of rotatable bonds is 17. The Hall–Kier alpha value is -7.95. The van der Waals surface area contributed by atoms with Crippen molar-refractivity contribution < 1.29 is 39.1 Å². The van der Waals surface area contributed by atoms with E-state index in [1.807, 2.05) is 53.1 Å². The molecule has 16 rings (SSSR count). The predicted molar refractivity (Wildman–Crippen MR) is 372 cm³/mol. The summed E-state index contributed by atoms with van der Waals surface area (Å²) in [6.07, 6.45) is 8.37. The number of aromatic nitrogens is 2. The maximum atomic E-state index is 18.1. The van der Waals surface area contributed by atoms with Gasteiger partial charge in [-0.1, -0.05) is 155 Å². The minimum Gasteiger partial charge on any atom is -0.379 e. The van der Waals surface area contributed by atoms with Crippen molar-refractivity contribution in [3.8, 4) is 5.69 Å². The van der Waals surface area contributed by atoms with Crippen LogP contribution < -0.4 is 5.32 Å². The molecule has 1 N–H and O–H groups in total. The number of benzene rings is 7. The molecule has 7 aromatic carbocycles. The molecular formula is C78H81N8O8S2+. The van der Waals surface area contributed by atoms with Crippen LogP contribution >= 0.6 is 0 Å². The largest absolute Gasteiger partial charge is 0.379 e. The first kappa shape index (κ1) is 62.8. The van der Waals surface area contributed by atoms with E-state index in [1.54, 1.807) is 54.7 Å². The Balaban J connectivity index is 0.943. The van der Waals surface area contributed by atoms with E-state index in [-0.39, 0.29) is 21.3 Å². The van der Waals surface area contributed by atoms with Crippen LogP contribution in [-0.4, -0.2) is 161 Å². The number of ether oxygens (including phenoxy) is 4. The lowest BCUT2D eigenvalue weighted by Gasteiger charge is -2.43. The third kappa shape index (κ3) is 11.4. The van der Waals surface area contributed by atoms with Crippen LogP contribution in [0.15, 0.2) is 234 Å². The fourth-order valence-electron chi connectivity index (χ4n) is 16.0. The van der Waals surface area contributed by atoms with Gasteiger partial charge in [-0.25, -0.2) is 4.98 Å². The number of sulfonamides is 2. The Morgan fingerprint density at radius 3 is 1.53 bits per heavy atom. The number of nitrogens with zero attached hydrogens (tertiary/aromatic N) is 7. The number of hydrogen-bond acceptors (Lipinski definition) is 14. The van der Waals surface area contributed by atoms with Gasteiger partial charge in [0.2, 0.25) is 5.82 Å². The van der Waals surface area contributed by atoms with Crippen molar-refractivity contribution in [1.29, 1.82) is 0 Å². The Morgan fingerprint density at radius 1 is 0.500 bits per heavy atom. The van der Waals surface area contributed by atoms with Gasteiger partial charge in [-0.3, -0.25) is 24.2 Å². The van der Waals surface area contributed by atoms with Gasteiger partial charge in [0.25, 0.3) is 0 Å². The first-order valence-electron chi connectivity index (χ1n) is 33.9. The molecule has 16 nitrogen and oxygen atoms in total. The lowest BCUT2D eigenvalue weighted by atomic mass is 9.63. The van der Waals surface area contributed by atoms with E-state index in [2.05, 4.69) is 134 Å². The van der Waals surface area contributed by atoms with E-state index >= 15 is 16.8 Å². The number of pyridine rings is 1. The van der Waals surface area contributed by atoms with E-state index in [0.717, 1.165) is 134 Å². The fourth-order valence-corrected chi connectivity index (χ4v) is 21.2. The van der Waals surface area contributed by atoms with Crippen LogP contribution in [0.1, 0.15) is 57.0 Å². The van der Waals surface area contributed by atoms with Crippen LogP contribution in [0.25, 0.3) is 33.2 Å². The Bertz CT molecular complexity index is 4520. The molecule has 4 fully saturated rings. The quantitative estimate of drug-likeness (QED) is 0.0681. The monoisotopic (exact) mass is 1320 g/mol. The maximum absolute atomic E-state index is 18.1. The molecule has 0 saturated carbocycles. The fraction of sp³-hybridized carbons (Fsp3) is 0.321. The second-order valence-corrected chi connectivity index (χ2v) is 30.7. The third-order valence-electron chi connectivity index (χ3n) is 20.9. The van der Waals surface area contributed by atoms with Crippen molar-refractivity contribution >= 4 is 47.6 Å². The molecule has 96 heavy (non-hydrogen) atoms. The van der Waals surface area contributed by atoms with Crippen LogP contribution in [0.3, 0.4) is 0 Å². The zero-order valence-electron chi connectivity index (χ0n) is 54.0. The maximum Gasteiger partial charge on any atom is 0.350 e. The predicted octanol–water partition coefficient (Wildman–Crippen LogP) is 11.0. The van der Waals surface area contributed by atoms with Crippen molar-refractivity contribution in [3.05, 3.63) is 268 Å². The van der Waals surface area contributed by atoms with Gasteiger partial charge in [0.15, 0.2) is 6.04 Å². The molecule has 0 bridgehead atoms. The molecule has 4 atom stereocenters. The van der Waals surface area contributed by atoms with Gasteiger partial charge in [-0.15, -0.1) is 0 Å². The molecule has 9 aromatic rings. The normalized spacial score (nSPS) is 23.0. The van der Waals surface area contributed by atoms with Crippen LogP contribution in [0, 0.1) is 5.92 Å². The van der Waals surface area contributed by atoms with E-state index in [9.17, 15) is 0 Å². The van der Waals surface area contributed by atoms with Gasteiger partial charge < -0.3 is 24.3 Å². The molecule has 0 spiro atoms. The highest BCUT2D eigenvalue weighted by Gasteiger charge is 2.72. The van der Waals surface area contributed by atoms with Crippen molar-refractivity contribution in [2.24, 2.45) is 5.92 Å². The molecule has 6 aliphatic heterocycles. The van der Waals surface area contributed by atoms with Crippen LogP contribution in [0.4, 0.5) is 0 Å². The van der Waals surface area contributed by atoms with Crippen LogP contribution in [-0.2, 0) is 70.6 Å². The first-order chi connectivity index (χ1) is 47.1. The number of nitrogens with one attached hydrogen (secondary N) is 1. The smallest absolute Gasteiger partial charge is 0.350 e. The summed E-state index contributed by atoms with van der Waals surface area (Å²) >= 11 is 0. The molecule has 0 amide bonds. The summed E-state index contributed by atoms with van der Waals surface area (Å²) in [4.78, 5) is 14.3. The number of para-hydroxylation sites is 2. The van der Waals surface area contributed by atoms with E-state index < -0.39 is 46.8 Å². The highest BCUT2D eigenvalue weighted by atomic mass is 32.3. The molecule has 492 valence electrons. The second kappa shape index (κ2) is 26.5. The highest BCUT2D eigenvalue weighted by Crippen LogP contribution is 2.61.